The van der Waals surface area contributed by atoms with Crippen molar-refractivity contribution in [3.05, 3.63) is 185 Å². The van der Waals surface area contributed by atoms with E-state index in [2.05, 4.69) is 32.9 Å². The van der Waals surface area contributed by atoms with Crippen molar-refractivity contribution in [1.82, 2.24) is 0 Å². The molecule has 6 aromatic carbocycles. The van der Waals surface area contributed by atoms with E-state index in [9.17, 15) is 13.9 Å². The van der Waals surface area contributed by atoms with Crippen molar-refractivity contribution in [3.8, 4) is 0 Å². The van der Waals surface area contributed by atoms with E-state index in [-0.39, 0.29) is 5.52 Å². The van der Waals surface area contributed by atoms with Crippen molar-refractivity contribution in [3.63, 3.8) is 0 Å². The molecule has 0 spiro atoms. The maximum atomic E-state index is 14.4. The van der Waals surface area contributed by atoms with E-state index >= 15 is 0 Å². The van der Waals surface area contributed by atoms with Crippen LogP contribution in [-0.4, -0.2) is 5.52 Å². The third-order valence-corrected chi connectivity index (χ3v) is 14.8. The van der Waals surface area contributed by atoms with E-state index < -0.39 is 14.3 Å². The van der Waals surface area contributed by atoms with Crippen LogP contribution in [0.15, 0.2) is 146 Å². The Morgan fingerprint density at radius 2 is 0.708 bits per heavy atom. The number of carbonyl (C=O) groups is 1. The fourth-order valence-electron chi connectivity index (χ4n) is 6.69. The highest BCUT2D eigenvalue weighted by atomic mass is 31.2. The van der Waals surface area contributed by atoms with Gasteiger partial charge in [-0.2, -0.15) is 0 Å². The summed E-state index contributed by atoms with van der Waals surface area (Å²) in [6, 6.07) is 46.1. The molecule has 0 aromatic heterocycles. The van der Waals surface area contributed by atoms with Gasteiger partial charge in [0.05, 0.1) is 0 Å². The van der Waals surface area contributed by atoms with Gasteiger partial charge in [0.2, 0.25) is 12.7 Å². The van der Waals surface area contributed by atoms with Gasteiger partial charge in [-0.05, 0) is 63.8 Å². The fraction of sp³-hybridized carbons (Fsp3) is 0.140. The summed E-state index contributed by atoms with van der Waals surface area (Å²) in [6.45, 7) is 12.0. The zero-order valence-electron chi connectivity index (χ0n) is 28.5. The molecule has 6 rings (SSSR count). The van der Waals surface area contributed by atoms with Gasteiger partial charge >= 0.3 is 0 Å². The van der Waals surface area contributed by atoms with Crippen LogP contribution in [0.1, 0.15) is 43.7 Å². The van der Waals surface area contributed by atoms with Crippen LogP contribution >= 0.6 is 14.3 Å². The molecule has 242 valence electrons. The first kappa shape index (κ1) is 34.8. The third kappa shape index (κ3) is 6.86. The van der Waals surface area contributed by atoms with Crippen LogP contribution in [0.5, 0.6) is 0 Å². The Balaban J connectivity index is 0.000000188. The van der Waals surface area contributed by atoms with Crippen LogP contribution in [0, 0.1) is 41.5 Å². The van der Waals surface area contributed by atoms with Crippen molar-refractivity contribution in [2.75, 3.05) is 0 Å². The van der Waals surface area contributed by atoms with E-state index in [0.29, 0.717) is 16.2 Å². The molecule has 6 aromatic rings. The van der Waals surface area contributed by atoms with Crippen LogP contribution in [-0.2, 0) is 9.13 Å². The van der Waals surface area contributed by atoms with Crippen molar-refractivity contribution in [2.24, 2.45) is 0 Å². The SMILES string of the molecule is Cc1cc(C)c(C(=O)P(=O)(c2ccccc2)c2ccccc2)c(C)c1.Cc1cc(C)c(P(=O)(c2ccccc2)c2ccccc2)c(C)c1. The highest BCUT2D eigenvalue weighted by Gasteiger charge is 2.38. The van der Waals surface area contributed by atoms with Gasteiger partial charge in [0.15, 0.2) is 7.14 Å². The molecule has 0 fully saturated rings. The molecule has 0 radical (unpaired) electrons. The van der Waals surface area contributed by atoms with Crippen molar-refractivity contribution >= 4 is 46.3 Å². The largest absolute Gasteiger partial charge is 0.309 e. The van der Waals surface area contributed by atoms with E-state index in [1.807, 2.05) is 130 Å². The van der Waals surface area contributed by atoms with E-state index in [0.717, 1.165) is 43.7 Å². The van der Waals surface area contributed by atoms with Crippen molar-refractivity contribution < 1.29 is 13.9 Å². The lowest BCUT2D eigenvalue weighted by atomic mass is 10.0. The highest BCUT2D eigenvalue weighted by molar-refractivity contribution is 7.93. The quantitative estimate of drug-likeness (QED) is 0.160. The molecular formula is C43H42O3P2. The lowest BCUT2D eigenvalue weighted by molar-refractivity contribution is 0.107. The molecule has 0 saturated heterocycles. The molecule has 5 heteroatoms. The molecule has 48 heavy (non-hydrogen) atoms. The molecule has 0 aliphatic heterocycles. The molecule has 0 N–H and O–H groups in total. The number of carbonyl (C=O) groups excluding carboxylic acids is 1. The van der Waals surface area contributed by atoms with Crippen LogP contribution in [0.3, 0.4) is 0 Å². The first-order chi connectivity index (χ1) is 23.0. The Hall–Kier alpha value is -4.55. The maximum absolute atomic E-state index is 14.4. The van der Waals surface area contributed by atoms with Crippen LogP contribution in [0.4, 0.5) is 0 Å². The van der Waals surface area contributed by atoms with E-state index in [1.54, 1.807) is 24.3 Å². The van der Waals surface area contributed by atoms with Gasteiger partial charge in [-0.1, -0.05) is 157 Å². The summed E-state index contributed by atoms with van der Waals surface area (Å²) in [7, 11) is -6.32. The maximum Gasteiger partial charge on any atom is 0.230 e. The molecule has 0 heterocycles. The Kier molecular flexibility index (Phi) is 10.6. The zero-order chi connectivity index (χ0) is 34.5. The minimum atomic E-state index is -3.44. The highest BCUT2D eigenvalue weighted by Crippen LogP contribution is 2.48. The van der Waals surface area contributed by atoms with Crippen LogP contribution in [0.25, 0.3) is 0 Å². The summed E-state index contributed by atoms with van der Waals surface area (Å²) >= 11 is 0. The molecule has 0 saturated carbocycles. The predicted octanol–water partition coefficient (Wildman–Crippen LogP) is 9.02. The standard InChI is InChI=1S/C22H21O2P.C21H21OP/c1-16-14-17(2)21(18(3)15-16)22(23)25(24,19-10-6-4-7-11-19)20-12-8-5-9-13-20;1-16-14-17(2)21(18(3)15-16)23(22,19-10-6-4-7-11-19)20-12-8-5-9-13-20/h4-15H,1-3H3;4-15H,1-3H3. The predicted molar refractivity (Wildman–Crippen MR) is 205 cm³/mol. The molecule has 0 bridgehead atoms. The molecule has 3 nitrogen and oxygen atoms in total. The molecule has 0 aliphatic rings. The van der Waals surface area contributed by atoms with Gasteiger partial charge in [0.1, 0.15) is 0 Å². The molecule has 0 atom stereocenters. The second-order valence-electron chi connectivity index (χ2n) is 12.4. The monoisotopic (exact) mass is 668 g/mol. The van der Waals surface area contributed by atoms with Gasteiger partial charge < -0.3 is 9.13 Å². The van der Waals surface area contributed by atoms with Crippen molar-refractivity contribution in [2.45, 2.75) is 41.5 Å². The first-order valence-electron chi connectivity index (χ1n) is 16.1. The second-order valence-corrected chi connectivity index (χ2v) is 17.7. The minimum absolute atomic E-state index is 0.292. The number of rotatable bonds is 7. The topological polar surface area (TPSA) is 51.2 Å². The Labute approximate surface area is 285 Å². The zero-order valence-corrected chi connectivity index (χ0v) is 30.3. The first-order valence-corrected chi connectivity index (χ1v) is 19.5. The molecule has 0 amide bonds. The van der Waals surface area contributed by atoms with E-state index in [1.165, 1.54) is 5.56 Å². The summed E-state index contributed by atoms with van der Waals surface area (Å²) in [6.07, 6.45) is 0. The van der Waals surface area contributed by atoms with Gasteiger partial charge in [0.25, 0.3) is 0 Å². The normalized spacial score (nSPS) is 11.4. The molecule has 0 aliphatic carbocycles. The molecular weight excluding hydrogens is 626 g/mol. The number of aryl methyl sites for hydroxylation is 6. The average Bonchev–Trinajstić information content (AvgIpc) is 3.08. The average molecular weight is 669 g/mol. The summed E-state index contributed by atoms with van der Waals surface area (Å²) in [4.78, 5) is 13.6. The molecule has 0 unspecified atom stereocenters. The second kappa shape index (κ2) is 14.7. The lowest BCUT2D eigenvalue weighted by Gasteiger charge is -2.24. The van der Waals surface area contributed by atoms with Crippen LogP contribution < -0.4 is 26.5 Å². The summed E-state index contributed by atoms with van der Waals surface area (Å²) < 4.78 is 28.5. The van der Waals surface area contributed by atoms with Gasteiger partial charge in [-0.25, -0.2) is 0 Å². The summed E-state index contributed by atoms with van der Waals surface area (Å²) in [5.41, 5.74) is 6.51. The summed E-state index contributed by atoms with van der Waals surface area (Å²) in [5.74, 6) is 0. The minimum Gasteiger partial charge on any atom is -0.309 e. The lowest BCUT2D eigenvalue weighted by Crippen LogP contribution is -2.28. The smallest absolute Gasteiger partial charge is 0.230 e. The van der Waals surface area contributed by atoms with Gasteiger partial charge in [0, 0.05) is 32.1 Å². The number of hydrogen-bond donors (Lipinski definition) is 0. The summed E-state index contributed by atoms with van der Waals surface area (Å²) in [5, 5.41) is 3.90. The van der Waals surface area contributed by atoms with Crippen LogP contribution in [0.2, 0.25) is 0 Å². The fourth-order valence-corrected chi connectivity index (χ4v) is 12.4. The third-order valence-electron chi connectivity index (χ3n) is 8.61. The van der Waals surface area contributed by atoms with Gasteiger partial charge in [-0.3, -0.25) is 4.79 Å². The van der Waals surface area contributed by atoms with Gasteiger partial charge in [-0.15, -0.1) is 0 Å². The van der Waals surface area contributed by atoms with Crippen molar-refractivity contribution in [1.29, 1.82) is 0 Å². The number of benzene rings is 6. The Morgan fingerprint density at radius 3 is 1.04 bits per heavy atom. The Morgan fingerprint density at radius 1 is 0.417 bits per heavy atom. The van der Waals surface area contributed by atoms with E-state index in [4.69, 9.17) is 0 Å². The number of hydrogen-bond acceptors (Lipinski definition) is 3. The Bertz CT molecular complexity index is 2010.